The highest BCUT2D eigenvalue weighted by atomic mass is 16.6. The molecule has 3 rings (SSSR count). The number of carbonyl (C=O) groups excluding carboxylic acids is 2. The fourth-order valence-electron chi connectivity index (χ4n) is 4.45. The van der Waals surface area contributed by atoms with Gasteiger partial charge in [0.1, 0.15) is 6.10 Å². The second-order valence-electron chi connectivity index (χ2n) is 9.65. The van der Waals surface area contributed by atoms with Gasteiger partial charge >= 0.3 is 12.1 Å². The number of carboxylic acids is 1. The highest BCUT2D eigenvalue weighted by Crippen LogP contribution is 2.32. The van der Waals surface area contributed by atoms with Gasteiger partial charge in [-0.1, -0.05) is 67.9 Å². The number of aliphatic carboxylic acids is 1. The van der Waals surface area contributed by atoms with Crippen molar-refractivity contribution in [2.75, 3.05) is 13.6 Å². The number of cyclic esters (lactones) is 1. The van der Waals surface area contributed by atoms with Crippen LogP contribution in [0, 0.1) is 0 Å². The smallest absolute Gasteiger partial charge is 0.410 e. The molecule has 2 amide bonds. The van der Waals surface area contributed by atoms with Crippen LogP contribution in [0.15, 0.2) is 59.7 Å². The lowest BCUT2D eigenvalue weighted by molar-refractivity contribution is -0.137. The van der Waals surface area contributed by atoms with E-state index in [4.69, 9.17) is 4.74 Å². The molecule has 9 nitrogen and oxygen atoms in total. The quantitative estimate of drug-likeness (QED) is 0.194. The number of unbranched alkanes of at least 4 members (excludes halogenated alkanes) is 1. The van der Waals surface area contributed by atoms with Crippen molar-refractivity contribution in [3.8, 4) is 0 Å². The van der Waals surface area contributed by atoms with Gasteiger partial charge in [0.2, 0.25) is 5.91 Å². The van der Waals surface area contributed by atoms with Gasteiger partial charge in [-0.2, -0.15) is 5.10 Å². The number of hydrazone groups is 1. The summed E-state index contributed by atoms with van der Waals surface area (Å²) in [5, 5.41) is 16.4. The third kappa shape index (κ3) is 9.21. The van der Waals surface area contributed by atoms with E-state index in [1.807, 2.05) is 54.6 Å². The molecular formula is C29H38N4O5. The van der Waals surface area contributed by atoms with Crippen molar-refractivity contribution in [2.24, 2.45) is 5.10 Å². The third-order valence-electron chi connectivity index (χ3n) is 6.60. The monoisotopic (exact) mass is 522 g/mol. The lowest BCUT2D eigenvalue weighted by atomic mass is 9.95. The second-order valence-corrected chi connectivity index (χ2v) is 9.65. The summed E-state index contributed by atoms with van der Waals surface area (Å²) in [6, 6.07) is 16.8. The van der Waals surface area contributed by atoms with Gasteiger partial charge < -0.3 is 25.5 Å². The minimum absolute atomic E-state index is 0.0221. The molecule has 204 valence electrons. The molecule has 2 aromatic rings. The maximum absolute atomic E-state index is 12.8. The van der Waals surface area contributed by atoms with Crippen molar-refractivity contribution in [1.29, 1.82) is 0 Å². The highest BCUT2D eigenvalue weighted by molar-refractivity contribution is 5.80. The number of carboxylic acid groups (broad SMARTS) is 1. The van der Waals surface area contributed by atoms with E-state index in [0.717, 1.165) is 36.1 Å². The van der Waals surface area contributed by atoms with Gasteiger partial charge in [-0.25, -0.2) is 4.79 Å². The maximum Gasteiger partial charge on any atom is 0.410 e. The molecule has 9 heteroatoms. The van der Waals surface area contributed by atoms with Crippen molar-refractivity contribution in [1.82, 2.24) is 15.6 Å². The summed E-state index contributed by atoms with van der Waals surface area (Å²) in [5.74, 6) is -1.30. The number of ether oxygens (including phenoxy) is 1. The summed E-state index contributed by atoms with van der Waals surface area (Å²) < 4.78 is 5.50. The molecule has 0 aliphatic carbocycles. The normalized spacial score (nSPS) is 18.2. The fraction of sp³-hybridized carbons (Fsp3) is 0.448. The van der Waals surface area contributed by atoms with Gasteiger partial charge in [0.05, 0.1) is 25.1 Å². The van der Waals surface area contributed by atoms with Crippen LogP contribution in [-0.2, 0) is 20.7 Å². The molecule has 0 bridgehead atoms. The predicted molar refractivity (Wildman–Crippen MR) is 146 cm³/mol. The predicted octanol–water partition coefficient (Wildman–Crippen LogP) is 4.27. The van der Waals surface area contributed by atoms with E-state index in [-0.39, 0.29) is 24.8 Å². The van der Waals surface area contributed by atoms with Crippen LogP contribution in [0.25, 0.3) is 0 Å². The minimum Gasteiger partial charge on any atom is -0.481 e. The Bertz CT molecular complexity index is 1070. The van der Waals surface area contributed by atoms with Crippen LogP contribution in [0.2, 0.25) is 0 Å². The number of nitrogens with zero attached hydrogens (tertiary/aromatic N) is 2. The van der Waals surface area contributed by atoms with Crippen molar-refractivity contribution in [3.05, 3.63) is 71.3 Å². The number of benzene rings is 2. The first-order valence-corrected chi connectivity index (χ1v) is 13.2. The Morgan fingerprint density at radius 2 is 1.92 bits per heavy atom. The maximum atomic E-state index is 12.8. The average Bonchev–Trinajstić information content (AvgIpc) is 2.90. The summed E-state index contributed by atoms with van der Waals surface area (Å²) in [4.78, 5) is 38.3. The largest absolute Gasteiger partial charge is 0.481 e. The lowest BCUT2D eigenvalue weighted by Gasteiger charge is -2.37. The van der Waals surface area contributed by atoms with E-state index in [2.05, 4.69) is 22.8 Å². The summed E-state index contributed by atoms with van der Waals surface area (Å²) in [7, 11) is 1.68. The van der Waals surface area contributed by atoms with Gasteiger partial charge in [-0.15, -0.1) is 0 Å². The first kappa shape index (κ1) is 28.7. The second kappa shape index (κ2) is 14.8. The van der Waals surface area contributed by atoms with Crippen LogP contribution in [-0.4, -0.2) is 59.9 Å². The van der Waals surface area contributed by atoms with E-state index >= 15 is 0 Å². The molecule has 3 N–H and O–H groups in total. The Balaban J connectivity index is 1.57. The molecule has 0 radical (unpaired) electrons. The third-order valence-corrected chi connectivity index (χ3v) is 6.60. The van der Waals surface area contributed by atoms with E-state index in [9.17, 15) is 19.5 Å². The van der Waals surface area contributed by atoms with E-state index in [1.165, 1.54) is 4.90 Å². The average molecular weight is 523 g/mol. The molecule has 1 saturated heterocycles. The molecule has 2 aromatic carbocycles. The van der Waals surface area contributed by atoms with Crippen molar-refractivity contribution in [2.45, 2.75) is 70.1 Å². The first-order chi connectivity index (χ1) is 18.4. The summed E-state index contributed by atoms with van der Waals surface area (Å²) in [6.45, 7) is 2.96. The number of carbonyl (C=O) groups is 3. The summed E-state index contributed by atoms with van der Waals surface area (Å²) >= 11 is 0. The Hall–Kier alpha value is -3.88. The number of nitrogens with one attached hydrogen (secondary N) is 2. The zero-order valence-electron chi connectivity index (χ0n) is 22.1. The number of hydrogen-bond donors (Lipinski definition) is 3. The van der Waals surface area contributed by atoms with E-state index < -0.39 is 24.2 Å². The van der Waals surface area contributed by atoms with Gasteiger partial charge in [-0.3, -0.25) is 9.59 Å². The first-order valence-electron chi connectivity index (χ1n) is 13.2. The topological polar surface area (TPSA) is 120 Å². The molecule has 0 saturated carbocycles. The molecule has 0 unspecified atom stereocenters. The summed E-state index contributed by atoms with van der Waals surface area (Å²) in [6.07, 6.45) is 4.25. The van der Waals surface area contributed by atoms with Gasteiger partial charge in [0.25, 0.3) is 0 Å². The van der Waals surface area contributed by atoms with Crippen LogP contribution in [0.1, 0.15) is 68.2 Å². The zero-order chi connectivity index (χ0) is 27.3. The Labute approximate surface area is 224 Å². The van der Waals surface area contributed by atoms with Crippen LogP contribution in [0.3, 0.4) is 0 Å². The van der Waals surface area contributed by atoms with Gasteiger partial charge in [-0.05, 0) is 36.0 Å². The Morgan fingerprint density at radius 1 is 1.18 bits per heavy atom. The Kier molecular flexibility index (Phi) is 11.1. The van der Waals surface area contributed by atoms with Crippen LogP contribution in [0.4, 0.5) is 4.79 Å². The lowest BCUT2D eigenvalue weighted by Crippen LogP contribution is -2.45. The highest BCUT2D eigenvalue weighted by Gasteiger charge is 2.35. The minimum atomic E-state index is -0.973. The van der Waals surface area contributed by atoms with Crippen molar-refractivity contribution in [3.63, 3.8) is 0 Å². The number of aryl methyl sites for hydroxylation is 1. The SMILES string of the molecule is CCCCNN=Cc1ccc([C@@H]2C[C@H](CC(=O)N[C@H](CCc3ccccc3)CC(=O)O)OC(=O)N2C)cc1. The van der Waals surface area contributed by atoms with E-state index in [0.29, 0.717) is 19.3 Å². The molecular weight excluding hydrogens is 484 g/mol. The molecule has 1 fully saturated rings. The van der Waals surface area contributed by atoms with Crippen LogP contribution >= 0.6 is 0 Å². The number of amides is 2. The fourth-order valence-corrected chi connectivity index (χ4v) is 4.45. The zero-order valence-corrected chi connectivity index (χ0v) is 22.1. The summed E-state index contributed by atoms with van der Waals surface area (Å²) in [5.41, 5.74) is 5.98. The molecule has 1 aliphatic heterocycles. The molecule has 38 heavy (non-hydrogen) atoms. The van der Waals surface area contributed by atoms with Gasteiger partial charge in [0, 0.05) is 26.1 Å². The number of hydrogen-bond acceptors (Lipinski definition) is 6. The molecule has 3 atom stereocenters. The van der Waals surface area contributed by atoms with E-state index in [1.54, 1.807) is 13.3 Å². The molecule has 0 aromatic heterocycles. The molecule has 0 spiro atoms. The Morgan fingerprint density at radius 3 is 2.61 bits per heavy atom. The molecule has 1 heterocycles. The van der Waals surface area contributed by atoms with Crippen molar-refractivity contribution < 1.29 is 24.2 Å². The number of rotatable bonds is 14. The van der Waals surface area contributed by atoms with Crippen LogP contribution in [0.5, 0.6) is 0 Å². The van der Waals surface area contributed by atoms with Crippen LogP contribution < -0.4 is 10.7 Å². The molecule has 1 aliphatic rings. The van der Waals surface area contributed by atoms with Crippen molar-refractivity contribution >= 4 is 24.2 Å². The standard InChI is InChI=1S/C29H38N4O5/c1-3-4-16-30-31-20-22-10-13-23(14-11-22)26-18-25(38-29(37)33(26)2)19-27(34)32-24(17-28(35)36)15-12-21-8-6-5-7-9-21/h5-11,13-14,20,24-26,30H,3-4,12,15-19H2,1-2H3,(H,32,34)(H,35,36)/t24-,25-,26+/m1/s1. The van der Waals surface area contributed by atoms with Gasteiger partial charge in [0.15, 0.2) is 0 Å².